The van der Waals surface area contributed by atoms with E-state index in [2.05, 4.69) is 4.98 Å². The molecule has 0 bridgehead atoms. The number of nitrogens with zero attached hydrogens (tertiary/aromatic N) is 3. The third kappa shape index (κ3) is 4.69. The number of carbonyl (C=O) groups excluding carboxylic acids is 1. The minimum Gasteiger partial charge on any atom is -0.464 e. The van der Waals surface area contributed by atoms with E-state index in [9.17, 15) is 9.18 Å². The van der Waals surface area contributed by atoms with Gasteiger partial charge >= 0.3 is 5.97 Å². The number of rotatable bonds is 6. The Kier molecular flexibility index (Phi) is 6.72. The smallest absolute Gasteiger partial charge is 0.355 e. The van der Waals surface area contributed by atoms with Gasteiger partial charge in [0.2, 0.25) is 0 Å². The monoisotopic (exact) mass is 489 g/mol. The zero-order valence-electron chi connectivity index (χ0n) is 20.4. The van der Waals surface area contributed by atoms with Gasteiger partial charge in [0.1, 0.15) is 17.3 Å². The molecule has 0 spiro atoms. The number of benzene rings is 3. The third-order valence-electron chi connectivity index (χ3n) is 6.16. The molecule has 0 N–H and O–H groups in total. The van der Waals surface area contributed by atoms with Crippen LogP contribution in [0.25, 0.3) is 22.3 Å². The number of methoxy groups -OCH3 is 1. The largest absolute Gasteiger partial charge is 0.464 e. The molecule has 182 valence electrons. The van der Waals surface area contributed by atoms with Crippen molar-refractivity contribution in [1.82, 2.24) is 9.55 Å². The predicted octanol–water partition coefficient (Wildman–Crippen LogP) is 6.85. The van der Waals surface area contributed by atoms with Gasteiger partial charge in [0.15, 0.2) is 0 Å². The molecular formula is C31H24FN3O2. The first-order chi connectivity index (χ1) is 18.1. The number of carbonyl (C=O) groups is 1. The van der Waals surface area contributed by atoms with Gasteiger partial charge < -0.3 is 9.30 Å². The lowest BCUT2D eigenvalue weighted by Crippen LogP contribution is -2.09. The number of hydrogen-bond donors (Lipinski definition) is 0. The summed E-state index contributed by atoms with van der Waals surface area (Å²) in [6, 6.07) is 29.6. The van der Waals surface area contributed by atoms with Crippen molar-refractivity contribution in [2.75, 3.05) is 7.11 Å². The predicted molar refractivity (Wildman–Crippen MR) is 144 cm³/mol. The van der Waals surface area contributed by atoms with E-state index >= 15 is 0 Å². The van der Waals surface area contributed by atoms with Gasteiger partial charge in [-0.2, -0.15) is 0 Å². The van der Waals surface area contributed by atoms with Crippen LogP contribution in [0.15, 0.2) is 114 Å². The molecule has 0 saturated carbocycles. The summed E-state index contributed by atoms with van der Waals surface area (Å²) >= 11 is 0. The van der Waals surface area contributed by atoms with Crippen LogP contribution in [-0.2, 0) is 11.8 Å². The molecule has 0 unspecified atom stereocenters. The van der Waals surface area contributed by atoms with Gasteiger partial charge in [-0.25, -0.2) is 14.2 Å². The summed E-state index contributed by atoms with van der Waals surface area (Å²) in [5, 5.41) is 0. The van der Waals surface area contributed by atoms with E-state index in [0.717, 1.165) is 28.0 Å². The second-order valence-corrected chi connectivity index (χ2v) is 8.41. The molecule has 0 amide bonds. The van der Waals surface area contributed by atoms with E-state index in [1.54, 1.807) is 36.1 Å². The van der Waals surface area contributed by atoms with E-state index in [1.807, 2.05) is 72.8 Å². The number of ether oxygens (including phenoxy) is 1. The summed E-state index contributed by atoms with van der Waals surface area (Å²) in [5.41, 5.74) is 5.75. The molecule has 37 heavy (non-hydrogen) atoms. The van der Waals surface area contributed by atoms with Gasteiger partial charge in [-0.3, -0.25) is 4.98 Å². The average molecular weight is 490 g/mol. The van der Waals surface area contributed by atoms with Gasteiger partial charge in [0.05, 0.1) is 12.8 Å². The van der Waals surface area contributed by atoms with E-state index in [4.69, 9.17) is 9.73 Å². The molecule has 0 fully saturated rings. The number of pyridine rings is 1. The normalized spacial score (nSPS) is 10.7. The molecule has 3 aromatic carbocycles. The van der Waals surface area contributed by atoms with E-state index < -0.39 is 5.97 Å². The number of hydrogen-bond acceptors (Lipinski definition) is 4. The highest BCUT2D eigenvalue weighted by molar-refractivity contribution is 6.15. The number of aromatic nitrogens is 2. The fourth-order valence-corrected chi connectivity index (χ4v) is 4.42. The van der Waals surface area contributed by atoms with Crippen molar-refractivity contribution in [3.05, 3.63) is 132 Å². The Balaban J connectivity index is 1.89. The van der Waals surface area contributed by atoms with Crippen LogP contribution in [0.3, 0.4) is 0 Å². The van der Waals surface area contributed by atoms with Crippen molar-refractivity contribution in [2.45, 2.75) is 0 Å². The number of halogens is 1. The number of esters is 1. The summed E-state index contributed by atoms with van der Waals surface area (Å²) in [6.07, 6.45) is 3.38. The summed E-state index contributed by atoms with van der Waals surface area (Å²) < 4.78 is 20.8. The first-order valence-corrected chi connectivity index (χ1v) is 11.8. The van der Waals surface area contributed by atoms with Gasteiger partial charge in [-0.05, 0) is 35.4 Å². The Bertz CT molecular complexity index is 1520. The lowest BCUT2D eigenvalue weighted by molar-refractivity contribution is 0.0591. The lowest BCUT2D eigenvalue weighted by Gasteiger charge is -2.11. The zero-order chi connectivity index (χ0) is 25.8. The first kappa shape index (κ1) is 23.9. The maximum atomic E-state index is 13.9. The zero-order valence-corrected chi connectivity index (χ0v) is 20.4. The maximum absolute atomic E-state index is 13.9. The Morgan fingerprint density at radius 1 is 0.784 bits per heavy atom. The standard InChI is InChI=1S/C31H24FN3O2/c1-35-29(31(36)37-2)26(21-13-15-25(32)16-14-21)27(22-17-19-33-20-18-22)30(35)34-28(23-9-5-3-6-10-23)24-11-7-4-8-12-24/h3-20H,1-2H3. The molecule has 0 aliphatic heterocycles. The summed E-state index contributed by atoms with van der Waals surface area (Å²) in [6.45, 7) is 0. The third-order valence-corrected chi connectivity index (χ3v) is 6.16. The maximum Gasteiger partial charge on any atom is 0.355 e. The quantitative estimate of drug-likeness (QED) is 0.194. The second-order valence-electron chi connectivity index (χ2n) is 8.41. The van der Waals surface area contributed by atoms with Crippen LogP contribution in [0.4, 0.5) is 10.2 Å². The molecule has 6 heteroatoms. The molecule has 0 aliphatic rings. The molecule has 5 rings (SSSR count). The highest BCUT2D eigenvalue weighted by Crippen LogP contribution is 2.44. The average Bonchev–Trinajstić information content (AvgIpc) is 3.24. The molecule has 0 aliphatic carbocycles. The van der Waals surface area contributed by atoms with Crippen molar-refractivity contribution in [2.24, 2.45) is 12.0 Å². The SMILES string of the molecule is COC(=O)c1c(-c2ccc(F)cc2)c(-c2ccncc2)c(N=C(c2ccccc2)c2ccccc2)n1C. The van der Waals surface area contributed by atoms with Crippen LogP contribution in [-0.4, -0.2) is 28.3 Å². The van der Waals surface area contributed by atoms with Crippen LogP contribution in [0.1, 0.15) is 21.6 Å². The van der Waals surface area contributed by atoms with Gasteiger partial charge in [0.25, 0.3) is 0 Å². The van der Waals surface area contributed by atoms with Crippen molar-refractivity contribution < 1.29 is 13.9 Å². The Labute approximate surface area is 214 Å². The van der Waals surface area contributed by atoms with Crippen LogP contribution >= 0.6 is 0 Å². The Hall–Kier alpha value is -4.84. The Morgan fingerprint density at radius 2 is 1.32 bits per heavy atom. The van der Waals surface area contributed by atoms with Crippen molar-refractivity contribution in [3.8, 4) is 22.3 Å². The van der Waals surface area contributed by atoms with Crippen molar-refractivity contribution >= 4 is 17.5 Å². The highest BCUT2D eigenvalue weighted by Gasteiger charge is 2.28. The second kappa shape index (κ2) is 10.4. The summed E-state index contributed by atoms with van der Waals surface area (Å²) in [5.74, 6) is -0.313. The highest BCUT2D eigenvalue weighted by atomic mass is 19.1. The summed E-state index contributed by atoms with van der Waals surface area (Å²) in [4.78, 5) is 22.5. The van der Waals surface area contributed by atoms with E-state index in [0.29, 0.717) is 22.6 Å². The molecule has 0 radical (unpaired) electrons. The molecule has 0 atom stereocenters. The minimum absolute atomic E-state index is 0.320. The van der Waals surface area contributed by atoms with Gasteiger partial charge in [-0.1, -0.05) is 72.8 Å². The fourth-order valence-electron chi connectivity index (χ4n) is 4.42. The van der Waals surface area contributed by atoms with Crippen LogP contribution in [0.2, 0.25) is 0 Å². The Morgan fingerprint density at radius 3 is 1.86 bits per heavy atom. The van der Waals surface area contributed by atoms with Crippen molar-refractivity contribution in [1.29, 1.82) is 0 Å². The van der Waals surface area contributed by atoms with Crippen LogP contribution < -0.4 is 0 Å². The summed E-state index contributed by atoms with van der Waals surface area (Å²) in [7, 11) is 3.13. The molecule has 0 saturated heterocycles. The fraction of sp³-hybridized carbons (Fsp3) is 0.0645. The minimum atomic E-state index is -0.514. The lowest BCUT2D eigenvalue weighted by atomic mass is 9.96. The molecule has 5 nitrogen and oxygen atoms in total. The van der Waals surface area contributed by atoms with Crippen LogP contribution in [0, 0.1) is 5.82 Å². The molecule has 2 aromatic heterocycles. The molecule has 2 heterocycles. The topological polar surface area (TPSA) is 56.5 Å². The van der Waals surface area contributed by atoms with Gasteiger partial charge in [0, 0.05) is 41.7 Å². The van der Waals surface area contributed by atoms with Gasteiger partial charge in [-0.15, -0.1) is 0 Å². The molecule has 5 aromatic rings. The van der Waals surface area contributed by atoms with Crippen molar-refractivity contribution in [3.63, 3.8) is 0 Å². The van der Waals surface area contributed by atoms with E-state index in [-0.39, 0.29) is 5.82 Å². The van der Waals surface area contributed by atoms with E-state index in [1.165, 1.54) is 19.2 Å². The van der Waals surface area contributed by atoms with Crippen LogP contribution in [0.5, 0.6) is 0 Å². The molecular weight excluding hydrogens is 465 g/mol. The first-order valence-electron chi connectivity index (χ1n) is 11.8. The number of aliphatic imine (C=N–C) groups is 1.